The molecule has 1 aliphatic heterocycles. The topological polar surface area (TPSA) is 68.5 Å². The summed E-state index contributed by atoms with van der Waals surface area (Å²) in [5.41, 5.74) is 6.58. The summed E-state index contributed by atoms with van der Waals surface area (Å²) >= 11 is 4.90. The molecule has 108 valence electrons. The average Bonchev–Trinajstić information content (AvgIpc) is 2.97. The zero-order valence-corrected chi connectivity index (χ0v) is 12.1. The fourth-order valence-electron chi connectivity index (χ4n) is 2.20. The van der Waals surface area contributed by atoms with Gasteiger partial charge in [0, 0.05) is 38.5 Å². The van der Waals surface area contributed by atoms with E-state index in [4.69, 9.17) is 22.7 Å². The first-order chi connectivity index (χ1) is 9.66. The summed E-state index contributed by atoms with van der Waals surface area (Å²) < 4.78 is 5.47. The summed E-state index contributed by atoms with van der Waals surface area (Å²) in [6.07, 6.45) is 5.38. The number of rotatable bonds is 6. The first-order valence-corrected chi connectivity index (χ1v) is 7.15. The molecule has 1 saturated heterocycles. The van der Waals surface area contributed by atoms with Crippen LogP contribution in [0.4, 0.5) is 0 Å². The van der Waals surface area contributed by atoms with E-state index in [1.165, 1.54) is 0 Å². The zero-order valence-electron chi connectivity index (χ0n) is 11.3. The lowest BCUT2D eigenvalue weighted by Gasteiger charge is -2.25. The van der Waals surface area contributed by atoms with Crippen LogP contribution in [0.3, 0.4) is 0 Å². The number of hydrogen-bond donors (Lipinski definition) is 1. The molecule has 20 heavy (non-hydrogen) atoms. The van der Waals surface area contributed by atoms with E-state index in [-0.39, 0.29) is 12.0 Å². The van der Waals surface area contributed by atoms with Crippen molar-refractivity contribution in [1.82, 2.24) is 9.88 Å². The van der Waals surface area contributed by atoms with E-state index in [0.717, 1.165) is 18.4 Å². The molecule has 0 spiro atoms. The maximum atomic E-state index is 12.5. The van der Waals surface area contributed by atoms with Crippen LogP contribution in [0.2, 0.25) is 0 Å². The standard InChI is InChI=1S/C14H19N3O2S/c15-13(20)5-8-17(10-11-3-6-16-7-4-11)14(18)12-2-1-9-19-12/h3-4,6-7,12H,1-2,5,8-10H2,(H2,15,20). The highest BCUT2D eigenvalue weighted by molar-refractivity contribution is 7.80. The molecule has 1 aromatic rings. The zero-order chi connectivity index (χ0) is 14.4. The van der Waals surface area contributed by atoms with Crippen molar-refractivity contribution < 1.29 is 9.53 Å². The van der Waals surface area contributed by atoms with Gasteiger partial charge in [0.1, 0.15) is 6.10 Å². The van der Waals surface area contributed by atoms with Crippen LogP contribution in [-0.2, 0) is 16.1 Å². The molecule has 0 bridgehead atoms. The second-order valence-electron chi connectivity index (χ2n) is 4.83. The van der Waals surface area contributed by atoms with E-state index in [2.05, 4.69) is 4.98 Å². The first-order valence-electron chi connectivity index (χ1n) is 6.74. The molecule has 1 atom stereocenters. The molecule has 2 heterocycles. The Morgan fingerprint density at radius 1 is 1.50 bits per heavy atom. The lowest BCUT2D eigenvalue weighted by Crippen LogP contribution is -2.40. The molecule has 1 aromatic heterocycles. The number of ether oxygens (including phenoxy) is 1. The maximum Gasteiger partial charge on any atom is 0.252 e. The quantitative estimate of drug-likeness (QED) is 0.800. The third kappa shape index (κ3) is 4.25. The number of nitrogens with zero attached hydrogens (tertiary/aromatic N) is 2. The number of pyridine rings is 1. The highest BCUT2D eigenvalue weighted by atomic mass is 32.1. The van der Waals surface area contributed by atoms with Crippen LogP contribution in [0, 0.1) is 0 Å². The molecule has 0 aromatic carbocycles. The molecule has 0 aliphatic carbocycles. The number of aromatic nitrogens is 1. The Labute approximate surface area is 124 Å². The van der Waals surface area contributed by atoms with Crippen molar-refractivity contribution in [3.05, 3.63) is 30.1 Å². The number of hydrogen-bond acceptors (Lipinski definition) is 4. The molecule has 1 aliphatic rings. The van der Waals surface area contributed by atoms with E-state index in [9.17, 15) is 4.79 Å². The van der Waals surface area contributed by atoms with Crippen molar-refractivity contribution in [3.8, 4) is 0 Å². The van der Waals surface area contributed by atoms with E-state index in [1.54, 1.807) is 17.3 Å². The maximum absolute atomic E-state index is 12.5. The molecule has 2 N–H and O–H groups in total. The van der Waals surface area contributed by atoms with Gasteiger partial charge in [0.15, 0.2) is 0 Å². The summed E-state index contributed by atoms with van der Waals surface area (Å²) in [5, 5.41) is 0. The van der Waals surface area contributed by atoms with Gasteiger partial charge in [-0.25, -0.2) is 0 Å². The van der Waals surface area contributed by atoms with Gasteiger partial charge in [0.25, 0.3) is 5.91 Å². The van der Waals surface area contributed by atoms with Crippen LogP contribution < -0.4 is 5.73 Å². The summed E-state index contributed by atoms with van der Waals surface area (Å²) in [7, 11) is 0. The molecule has 6 heteroatoms. The number of amides is 1. The molecule has 1 unspecified atom stereocenters. The highest BCUT2D eigenvalue weighted by Crippen LogP contribution is 2.16. The minimum atomic E-state index is -0.316. The largest absolute Gasteiger partial charge is 0.393 e. The minimum absolute atomic E-state index is 0.0237. The fourth-order valence-corrected chi connectivity index (χ4v) is 2.29. The number of thiocarbonyl (C=S) groups is 1. The molecule has 0 saturated carbocycles. The fraction of sp³-hybridized carbons (Fsp3) is 0.500. The van der Waals surface area contributed by atoms with Crippen molar-refractivity contribution in [1.29, 1.82) is 0 Å². The first kappa shape index (κ1) is 14.9. The van der Waals surface area contributed by atoms with E-state index < -0.39 is 0 Å². The molecule has 2 rings (SSSR count). The average molecular weight is 293 g/mol. The van der Waals surface area contributed by atoms with Crippen molar-refractivity contribution in [2.75, 3.05) is 13.2 Å². The van der Waals surface area contributed by atoms with Gasteiger partial charge < -0.3 is 15.4 Å². The van der Waals surface area contributed by atoms with Gasteiger partial charge in [-0.2, -0.15) is 0 Å². The molecule has 1 fully saturated rings. The molecular weight excluding hydrogens is 274 g/mol. The number of nitrogens with two attached hydrogens (primary N) is 1. The van der Waals surface area contributed by atoms with E-state index in [0.29, 0.717) is 31.1 Å². The lowest BCUT2D eigenvalue weighted by molar-refractivity contribution is -0.141. The predicted octanol–water partition coefficient (Wildman–Crippen LogP) is 1.27. The SMILES string of the molecule is NC(=S)CCN(Cc1ccncc1)C(=O)C1CCCO1. The summed E-state index contributed by atoms with van der Waals surface area (Å²) in [4.78, 5) is 18.6. The third-order valence-corrected chi connectivity index (χ3v) is 3.47. The Morgan fingerprint density at radius 2 is 2.25 bits per heavy atom. The van der Waals surface area contributed by atoms with Crippen molar-refractivity contribution >= 4 is 23.1 Å². The summed E-state index contributed by atoms with van der Waals surface area (Å²) in [6, 6.07) is 3.80. The lowest BCUT2D eigenvalue weighted by atomic mass is 10.2. The minimum Gasteiger partial charge on any atom is -0.393 e. The van der Waals surface area contributed by atoms with Crippen molar-refractivity contribution in [2.45, 2.75) is 31.9 Å². The second kappa shape index (κ2) is 7.31. The van der Waals surface area contributed by atoms with Crippen molar-refractivity contribution in [2.24, 2.45) is 5.73 Å². The Hall–Kier alpha value is -1.53. The van der Waals surface area contributed by atoms with E-state index >= 15 is 0 Å². The predicted molar refractivity (Wildman–Crippen MR) is 80.0 cm³/mol. The van der Waals surface area contributed by atoms with Gasteiger partial charge in [-0.1, -0.05) is 12.2 Å². The van der Waals surface area contributed by atoms with E-state index in [1.807, 2.05) is 12.1 Å². The number of carbonyl (C=O) groups excluding carboxylic acids is 1. The third-order valence-electron chi connectivity index (χ3n) is 3.27. The molecule has 5 nitrogen and oxygen atoms in total. The van der Waals surface area contributed by atoms with Crippen LogP contribution in [0.15, 0.2) is 24.5 Å². The van der Waals surface area contributed by atoms with Crippen LogP contribution in [0.5, 0.6) is 0 Å². The van der Waals surface area contributed by atoms with Gasteiger partial charge in [0.2, 0.25) is 0 Å². The normalized spacial score (nSPS) is 17.9. The summed E-state index contributed by atoms with van der Waals surface area (Å²) in [5.74, 6) is 0.0237. The van der Waals surface area contributed by atoms with Crippen LogP contribution in [0.1, 0.15) is 24.8 Å². The highest BCUT2D eigenvalue weighted by Gasteiger charge is 2.28. The Bertz CT molecular complexity index is 461. The molecule has 1 amide bonds. The second-order valence-corrected chi connectivity index (χ2v) is 5.36. The molecule has 0 radical (unpaired) electrons. The number of carbonyl (C=O) groups is 1. The smallest absolute Gasteiger partial charge is 0.252 e. The summed E-state index contributed by atoms with van der Waals surface area (Å²) in [6.45, 7) is 1.72. The monoisotopic (exact) mass is 293 g/mol. The molecular formula is C14H19N3O2S. The Morgan fingerprint density at radius 3 is 2.85 bits per heavy atom. The van der Waals surface area contributed by atoms with Crippen molar-refractivity contribution in [3.63, 3.8) is 0 Å². The van der Waals surface area contributed by atoms with Gasteiger partial charge in [-0.05, 0) is 30.5 Å². The van der Waals surface area contributed by atoms with Crippen LogP contribution >= 0.6 is 12.2 Å². The van der Waals surface area contributed by atoms with Crippen LogP contribution in [0.25, 0.3) is 0 Å². The van der Waals surface area contributed by atoms with Gasteiger partial charge in [-0.15, -0.1) is 0 Å². The van der Waals surface area contributed by atoms with Gasteiger partial charge in [0.05, 0.1) is 4.99 Å². The Balaban J connectivity index is 2.03. The Kier molecular flexibility index (Phi) is 5.43. The van der Waals surface area contributed by atoms with Crippen LogP contribution in [-0.4, -0.2) is 40.0 Å². The van der Waals surface area contributed by atoms with Gasteiger partial charge in [-0.3, -0.25) is 9.78 Å². The van der Waals surface area contributed by atoms with Gasteiger partial charge >= 0.3 is 0 Å².